The van der Waals surface area contributed by atoms with Crippen LogP contribution in [0.15, 0.2) is 36.5 Å². The fourth-order valence-electron chi connectivity index (χ4n) is 2.76. The molecule has 0 amide bonds. The summed E-state index contributed by atoms with van der Waals surface area (Å²) in [5.74, 6) is 0.916. The minimum Gasteiger partial charge on any atom is -0.293 e. The van der Waals surface area contributed by atoms with Gasteiger partial charge in [0.25, 0.3) is 0 Å². The van der Waals surface area contributed by atoms with Crippen molar-refractivity contribution in [3.63, 3.8) is 0 Å². The van der Waals surface area contributed by atoms with E-state index in [1.165, 1.54) is 4.31 Å². The molecule has 0 aliphatic carbocycles. The second-order valence-electron chi connectivity index (χ2n) is 6.19. The van der Waals surface area contributed by atoms with Gasteiger partial charge in [0.05, 0.1) is 11.4 Å². The third-order valence-electron chi connectivity index (χ3n) is 4.19. The molecule has 0 spiro atoms. The highest BCUT2D eigenvalue weighted by molar-refractivity contribution is 7.89. The SMILES string of the molecule is CN(C)S(=O)(=O)CCCN1Cc2cnc(-c3ccccc3)nc2C1. The lowest BCUT2D eigenvalue weighted by molar-refractivity contribution is 0.283. The first-order valence-corrected chi connectivity index (χ1v) is 9.59. The smallest absolute Gasteiger partial charge is 0.213 e. The molecule has 7 heteroatoms. The van der Waals surface area contributed by atoms with Gasteiger partial charge in [-0.2, -0.15) is 0 Å². The molecule has 0 radical (unpaired) electrons. The van der Waals surface area contributed by atoms with Crippen LogP contribution in [-0.4, -0.2) is 54.0 Å². The van der Waals surface area contributed by atoms with Gasteiger partial charge in [0.1, 0.15) is 0 Å². The first-order chi connectivity index (χ1) is 11.5. The number of rotatable bonds is 6. The number of benzene rings is 1. The maximum atomic E-state index is 11.8. The molecule has 0 saturated heterocycles. The Kier molecular flexibility index (Phi) is 4.93. The number of sulfonamides is 1. The number of aromatic nitrogens is 2. The minimum absolute atomic E-state index is 0.174. The lowest BCUT2D eigenvalue weighted by Gasteiger charge is -2.15. The molecule has 0 unspecified atom stereocenters. The standard InChI is InChI=1S/C17H22N4O2S/c1-20(2)24(22,23)10-6-9-21-12-15-11-18-17(19-16(15)13-21)14-7-4-3-5-8-14/h3-5,7-8,11H,6,9-10,12-13H2,1-2H3. The molecule has 0 N–H and O–H groups in total. The van der Waals surface area contributed by atoms with Crippen molar-refractivity contribution in [2.75, 3.05) is 26.4 Å². The van der Waals surface area contributed by atoms with E-state index in [0.29, 0.717) is 6.42 Å². The van der Waals surface area contributed by atoms with E-state index >= 15 is 0 Å². The Labute approximate surface area is 143 Å². The van der Waals surface area contributed by atoms with Crippen LogP contribution in [-0.2, 0) is 23.1 Å². The second-order valence-corrected chi connectivity index (χ2v) is 8.50. The summed E-state index contributed by atoms with van der Waals surface area (Å²) in [5, 5.41) is 0. The van der Waals surface area contributed by atoms with E-state index in [9.17, 15) is 8.42 Å². The van der Waals surface area contributed by atoms with Gasteiger partial charge in [0.15, 0.2) is 5.82 Å². The summed E-state index contributed by atoms with van der Waals surface area (Å²) in [7, 11) is 0.0210. The van der Waals surface area contributed by atoms with Crippen LogP contribution in [0.2, 0.25) is 0 Å². The maximum absolute atomic E-state index is 11.8. The van der Waals surface area contributed by atoms with Gasteiger partial charge < -0.3 is 0 Å². The van der Waals surface area contributed by atoms with Crippen molar-refractivity contribution in [2.45, 2.75) is 19.5 Å². The fraction of sp³-hybridized carbons (Fsp3) is 0.412. The van der Waals surface area contributed by atoms with Crippen molar-refractivity contribution >= 4 is 10.0 Å². The molecule has 0 atom stereocenters. The number of hydrogen-bond donors (Lipinski definition) is 0. The molecule has 3 rings (SSSR count). The molecule has 1 aromatic carbocycles. The predicted molar refractivity (Wildman–Crippen MR) is 93.7 cm³/mol. The van der Waals surface area contributed by atoms with Crippen molar-refractivity contribution in [2.24, 2.45) is 0 Å². The summed E-state index contributed by atoms with van der Waals surface area (Å²) in [6.45, 7) is 2.27. The van der Waals surface area contributed by atoms with Gasteiger partial charge in [-0.05, 0) is 13.0 Å². The molecule has 2 heterocycles. The second kappa shape index (κ2) is 6.96. The Morgan fingerprint density at radius 3 is 2.62 bits per heavy atom. The Balaban J connectivity index is 1.61. The van der Waals surface area contributed by atoms with Crippen LogP contribution < -0.4 is 0 Å². The van der Waals surface area contributed by atoms with Crippen LogP contribution >= 0.6 is 0 Å². The first-order valence-electron chi connectivity index (χ1n) is 7.98. The van der Waals surface area contributed by atoms with Gasteiger partial charge in [-0.1, -0.05) is 30.3 Å². The lowest BCUT2D eigenvalue weighted by atomic mass is 10.2. The third kappa shape index (κ3) is 3.80. The molecule has 2 aromatic rings. The molecule has 0 fully saturated rings. The van der Waals surface area contributed by atoms with Crippen molar-refractivity contribution in [1.82, 2.24) is 19.2 Å². The molecule has 6 nitrogen and oxygen atoms in total. The molecule has 0 saturated carbocycles. The van der Waals surface area contributed by atoms with Crippen molar-refractivity contribution < 1.29 is 8.42 Å². The van der Waals surface area contributed by atoms with Crippen LogP contribution in [0, 0.1) is 0 Å². The summed E-state index contributed by atoms with van der Waals surface area (Å²) in [6, 6.07) is 9.92. The normalized spacial score (nSPS) is 15.0. The third-order valence-corrected chi connectivity index (χ3v) is 6.10. The number of nitrogens with zero attached hydrogens (tertiary/aromatic N) is 4. The average molecular weight is 346 g/mol. The van der Waals surface area contributed by atoms with Gasteiger partial charge in [-0.3, -0.25) is 4.90 Å². The summed E-state index contributed by atoms with van der Waals surface area (Å²) >= 11 is 0. The maximum Gasteiger partial charge on any atom is 0.213 e. The van der Waals surface area contributed by atoms with Crippen LogP contribution in [0.5, 0.6) is 0 Å². The zero-order valence-electron chi connectivity index (χ0n) is 14.0. The highest BCUT2D eigenvalue weighted by atomic mass is 32.2. The summed E-state index contributed by atoms with van der Waals surface area (Å²) in [6.07, 6.45) is 2.51. The van der Waals surface area contributed by atoms with E-state index in [0.717, 1.165) is 42.3 Å². The highest BCUT2D eigenvalue weighted by Crippen LogP contribution is 2.23. The summed E-state index contributed by atoms with van der Waals surface area (Å²) in [4.78, 5) is 11.4. The average Bonchev–Trinajstić information content (AvgIpc) is 2.97. The quantitative estimate of drug-likeness (QED) is 0.797. The van der Waals surface area contributed by atoms with Crippen molar-refractivity contribution in [1.29, 1.82) is 0 Å². The summed E-state index contributed by atoms with van der Waals surface area (Å²) < 4.78 is 24.9. The topological polar surface area (TPSA) is 66.4 Å². The zero-order valence-corrected chi connectivity index (χ0v) is 14.8. The van der Waals surface area contributed by atoms with E-state index < -0.39 is 10.0 Å². The Morgan fingerprint density at radius 2 is 1.92 bits per heavy atom. The van der Waals surface area contributed by atoms with Crippen molar-refractivity contribution in [3.05, 3.63) is 47.8 Å². The Bertz CT molecular complexity index is 807. The van der Waals surface area contributed by atoms with Gasteiger partial charge >= 0.3 is 0 Å². The van der Waals surface area contributed by atoms with Gasteiger partial charge in [-0.25, -0.2) is 22.7 Å². The Morgan fingerprint density at radius 1 is 1.17 bits per heavy atom. The van der Waals surface area contributed by atoms with Gasteiger partial charge in [-0.15, -0.1) is 0 Å². The largest absolute Gasteiger partial charge is 0.293 e. The molecule has 0 bridgehead atoms. The van der Waals surface area contributed by atoms with E-state index in [2.05, 4.69) is 14.9 Å². The van der Waals surface area contributed by atoms with E-state index in [1.807, 2.05) is 36.5 Å². The predicted octanol–water partition coefficient (Wildman–Crippen LogP) is 1.74. The molecular formula is C17H22N4O2S. The van der Waals surface area contributed by atoms with Crippen LogP contribution in [0.4, 0.5) is 0 Å². The van der Waals surface area contributed by atoms with E-state index in [-0.39, 0.29) is 5.75 Å². The minimum atomic E-state index is -3.12. The van der Waals surface area contributed by atoms with Crippen LogP contribution in [0.3, 0.4) is 0 Å². The number of hydrogen-bond acceptors (Lipinski definition) is 5. The van der Waals surface area contributed by atoms with Crippen LogP contribution in [0.1, 0.15) is 17.7 Å². The fourth-order valence-corrected chi connectivity index (χ4v) is 3.62. The zero-order chi connectivity index (χ0) is 17.2. The first kappa shape index (κ1) is 17.0. The van der Waals surface area contributed by atoms with E-state index in [4.69, 9.17) is 0 Å². The molecule has 1 aliphatic rings. The highest BCUT2D eigenvalue weighted by Gasteiger charge is 2.22. The molecule has 128 valence electrons. The van der Waals surface area contributed by atoms with Crippen LogP contribution in [0.25, 0.3) is 11.4 Å². The lowest BCUT2D eigenvalue weighted by Crippen LogP contribution is -2.27. The monoisotopic (exact) mass is 346 g/mol. The number of fused-ring (bicyclic) bond motifs is 1. The van der Waals surface area contributed by atoms with Crippen molar-refractivity contribution in [3.8, 4) is 11.4 Å². The summed E-state index contributed by atoms with van der Waals surface area (Å²) in [5.41, 5.74) is 3.18. The Hall–Kier alpha value is -1.83. The molecule has 24 heavy (non-hydrogen) atoms. The molecule has 1 aromatic heterocycles. The van der Waals surface area contributed by atoms with Gasteiger partial charge in [0, 0.05) is 44.5 Å². The molecule has 1 aliphatic heterocycles. The van der Waals surface area contributed by atoms with E-state index in [1.54, 1.807) is 14.1 Å². The van der Waals surface area contributed by atoms with Gasteiger partial charge in [0.2, 0.25) is 10.0 Å². The molecular weight excluding hydrogens is 324 g/mol.